The van der Waals surface area contributed by atoms with Gasteiger partial charge < -0.3 is 10.4 Å². The zero-order chi connectivity index (χ0) is 16.9. The summed E-state index contributed by atoms with van der Waals surface area (Å²) in [5.41, 5.74) is 1.28. The summed E-state index contributed by atoms with van der Waals surface area (Å²) >= 11 is 0. The van der Waals surface area contributed by atoms with Gasteiger partial charge in [0, 0.05) is 17.8 Å². The van der Waals surface area contributed by atoms with Gasteiger partial charge in [-0.1, -0.05) is 6.92 Å². The molecule has 0 aromatic carbocycles. The van der Waals surface area contributed by atoms with Crippen LogP contribution in [0.3, 0.4) is 0 Å². The summed E-state index contributed by atoms with van der Waals surface area (Å²) < 4.78 is 38.2. The third-order valence-electron chi connectivity index (χ3n) is 3.47. The van der Waals surface area contributed by atoms with E-state index in [0.717, 1.165) is 4.68 Å². The fourth-order valence-corrected chi connectivity index (χ4v) is 2.12. The fraction of sp³-hybridized carbons (Fsp3) is 0.714. The molecule has 1 atom stereocenters. The molecule has 0 spiro atoms. The van der Waals surface area contributed by atoms with E-state index < -0.39 is 18.8 Å². The van der Waals surface area contributed by atoms with Crippen LogP contribution in [-0.4, -0.2) is 39.6 Å². The molecular weight excluding hydrogens is 299 g/mol. The van der Waals surface area contributed by atoms with Gasteiger partial charge in [0.25, 0.3) is 0 Å². The number of rotatable bonds is 7. The lowest BCUT2D eigenvalue weighted by Crippen LogP contribution is -2.28. The highest BCUT2D eigenvalue weighted by molar-refractivity contribution is 5.79. The summed E-state index contributed by atoms with van der Waals surface area (Å²) in [6.07, 6.45) is -3.76. The number of hydrogen-bond acceptors (Lipinski definition) is 3. The van der Waals surface area contributed by atoms with Gasteiger partial charge in [-0.25, -0.2) is 0 Å². The van der Waals surface area contributed by atoms with E-state index in [2.05, 4.69) is 10.4 Å². The van der Waals surface area contributed by atoms with Gasteiger partial charge in [0.15, 0.2) is 0 Å². The molecule has 1 unspecified atom stereocenters. The largest absolute Gasteiger partial charge is 0.408 e. The van der Waals surface area contributed by atoms with Crippen LogP contribution in [0.4, 0.5) is 13.2 Å². The minimum atomic E-state index is -4.35. The number of halogens is 3. The summed E-state index contributed by atoms with van der Waals surface area (Å²) in [6.45, 7) is 4.12. The molecule has 0 aliphatic heterocycles. The Labute approximate surface area is 127 Å². The topological polar surface area (TPSA) is 67.2 Å². The smallest absolute Gasteiger partial charge is 0.393 e. The van der Waals surface area contributed by atoms with Crippen molar-refractivity contribution in [1.29, 1.82) is 0 Å². The molecule has 1 aromatic rings. The molecule has 0 aliphatic rings. The number of aryl methyl sites for hydroxylation is 1. The van der Waals surface area contributed by atoms with E-state index in [1.54, 1.807) is 6.92 Å². The van der Waals surface area contributed by atoms with Crippen molar-refractivity contribution >= 4 is 5.91 Å². The standard InChI is InChI=1S/C14H22F3N3O2/c1-4-11(21)5-6-18-13(22)7-12-9(2)19-20(10(12)3)8-14(15,16)17/h11,21H,4-8H2,1-3H3,(H,18,22). The lowest BCUT2D eigenvalue weighted by molar-refractivity contribution is -0.143. The molecule has 126 valence electrons. The Kier molecular flexibility index (Phi) is 6.40. The highest BCUT2D eigenvalue weighted by Crippen LogP contribution is 2.21. The van der Waals surface area contributed by atoms with Crippen molar-refractivity contribution in [2.45, 2.75) is 58.9 Å². The van der Waals surface area contributed by atoms with Crippen LogP contribution in [0.2, 0.25) is 0 Å². The van der Waals surface area contributed by atoms with Crippen molar-refractivity contribution in [2.75, 3.05) is 6.54 Å². The number of nitrogens with zero attached hydrogens (tertiary/aromatic N) is 2. The van der Waals surface area contributed by atoms with E-state index >= 15 is 0 Å². The second-order valence-electron chi connectivity index (χ2n) is 5.30. The molecule has 2 N–H and O–H groups in total. The fourth-order valence-electron chi connectivity index (χ4n) is 2.12. The molecule has 0 saturated heterocycles. The summed E-state index contributed by atoms with van der Waals surface area (Å²) in [7, 11) is 0. The summed E-state index contributed by atoms with van der Waals surface area (Å²) in [5.74, 6) is -0.291. The van der Waals surface area contributed by atoms with Gasteiger partial charge in [0.2, 0.25) is 5.91 Å². The summed E-state index contributed by atoms with van der Waals surface area (Å²) in [6, 6.07) is 0. The lowest BCUT2D eigenvalue weighted by atomic mass is 10.1. The number of carbonyl (C=O) groups excluding carboxylic acids is 1. The Morgan fingerprint density at radius 2 is 2.05 bits per heavy atom. The summed E-state index contributed by atoms with van der Waals surface area (Å²) in [5, 5.41) is 15.9. The van der Waals surface area contributed by atoms with Crippen molar-refractivity contribution in [3.8, 4) is 0 Å². The number of aromatic nitrogens is 2. The SMILES string of the molecule is CCC(O)CCNC(=O)Cc1c(C)nn(CC(F)(F)F)c1C. The van der Waals surface area contributed by atoms with Gasteiger partial charge in [-0.3, -0.25) is 9.48 Å². The second-order valence-corrected chi connectivity index (χ2v) is 5.30. The normalized spacial score (nSPS) is 13.2. The molecule has 1 amide bonds. The minimum Gasteiger partial charge on any atom is -0.393 e. The average molecular weight is 321 g/mol. The lowest BCUT2D eigenvalue weighted by Gasteiger charge is -2.10. The number of amides is 1. The third kappa shape index (κ3) is 5.67. The van der Waals surface area contributed by atoms with Gasteiger partial charge in [0.1, 0.15) is 6.54 Å². The number of alkyl halides is 3. The van der Waals surface area contributed by atoms with Crippen LogP contribution in [0.25, 0.3) is 0 Å². The van der Waals surface area contributed by atoms with Crippen LogP contribution in [0.1, 0.15) is 36.7 Å². The highest BCUT2D eigenvalue weighted by Gasteiger charge is 2.30. The van der Waals surface area contributed by atoms with Crippen molar-refractivity contribution in [3.05, 3.63) is 17.0 Å². The van der Waals surface area contributed by atoms with Gasteiger partial charge in [-0.15, -0.1) is 0 Å². The average Bonchev–Trinajstić information content (AvgIpc) is 2.64. The van der Waals surface area contributed by atoms with E-state index in [4.69, 9.17) is 0 Å². The van der Waals surface area contributed by atoms with Gasteiger partial charge in [-0.05, 0) is 26.7 Å². The van der Waals surface area contributed by atoms with Crippen molar-refractivity contribution in [1.82, 2.24) is 15.1 Å². The predicted molar refractivity (Wildman–Crippen MR) is 75.4 cm³/mol. The molecule has 1 heterocycles. The number of hydrogen-bond donors (Lipinski definition) is 2. The maximum Gasteiger partial charge on any atom is 0.408 e. The molecule has 1 aromatic heterocycles. The highest BCUT2D eigenvalue weighted by atomic mass is 19.4. The Morgan fingerprint density at radius 1 is 1.41 bits per heavy atom. The molecule has 22 heavy (non-hydrogen) atoms. The van der Waals surface area contributed by atoms with Crippen LogP contribution in [0.5, 0.6) is 0 Å². The van der Waals surface area contributed by atoms with Crippen molar-refractivity contribution in [3.63, 3.8) is 0 Å². The number of nitrogens with one attached hydrogen (secondary N) is 1. The number of aliphatic hydroxyl groups excluding tert-OH is 1. The van der Waals surface area contributed by atoms with E-state index in [1.165, 1.54) is 6.92 Å². The van der Waals surface area contributed by atoms with Gasteiger partial charge in [-0.2, -0.15) is 18.3 Å². The molecular formula is C14H22F3N3O2. The zero-order valence-corrected chi connectivity index (χ0v) is 13.0. The zero-order valence-electron chi connectivity index (χ0n) is 13.0. The van der Waals surface area contributed by atoms with Crippen molar-refractivity contribution < 1.29 is 23.1 Å². The van der Waals surface area contributed by atoms with E-state index in [-0.39, 0.29) is 12.3 Å². The molecule has 8 heteroatoms. The molecule has 0 aliphatic carbocycles. The number of carbonyl (C=O) groups is 1. The van der Waals surface area contributed by atoms with Crippen LogP contribution in [0.15, 0.2) is 0 Å². The first kappa shape index (κ1) is 18.5. The van der Waals surface area contributed by atoms with Crippen LogP contribution in [-0.2, 0) is 17.8 Å². The molecule has 0 saturated carbocycles. The Balaban J connectivity index is 2.64. The molecule has 0 fully saturated rings. The van der Waals surface area contributed by atoms with E-state index in [1.807, 2.05) is 6.92 Å². The van der Waals surface area contributed by atoms with Gasteiger partial charge in [0.05, 0.1) is 18.2 Å². The predicted octanol–water partition coefficient (Wildman–Crippen LogP) is 1.88. The quantitative estimate of drug-likeness (QED) is 0.806. The Morgan fingerprint density at radius 3 is 2.59 bits per heavy atom. The monoisotopic (exact) mass is 321 g/mol. The third-order valence-corrected chi connectivity index (χ3v) is 3.47. The Hall–Kier alpha value is -1.57. The second kappa shape index (κ2) is 7.62. The summed E-state index contributed by atoms with van der Waals surface area (Å²) in [4.78, 5) is 11.8. The van der Waals surface area contributed by atoms with Crippen molar-refractivity contribution in [2.24, 2.45) is 0 Å². The first-order valence-corrected chi connectivity index (χ1v) is 7.18. The molecule has 5 nitrogen and oxygen atoms in total. The van der Waals surface area contributed by atoms with Crippen LogP contribution >= 0.6 is 0 Å². The van der Waals surface area contributed by atoms with E-state index in [9.17, 15) is 23.1 Å². The van der Waals surface area contributed by atoms with Gasteiger partial charge >= 0.3 is 6.18 Å². The molecule has 1 rings (SSSR count). The first-order valence-electron chi connectivity index (χ1n) is 7.18. The maximum absolute atomic E-state index is 12.4. The molecule has 0 bridgehead atoms. The number of aliphatic hydroxyl groups is 1. The van der Waals surface area contributed by atoms with E-state index in [0.29, 0.717) is 36.3 Å². The Bertz CT molecular complexity index is 512. The van der Waals surface area contributed by atoms with Crippen LogP contribution < -0.4 is 5.32 Å². The minimum absolute atomic E-state index is 0.0161. The first-order chi connectivity index (χ1) is 10.1. The maximum atomic E-state index is 12.4. The molecule has 0 radical (unpaired) electrons. The van der Waals surface area contributed by atoms with Crippen LogP contribution in [0, 0.1) is 13.8 Å².